The number of benzene rings is 1. The van der Waals surface area contributed by atoms with Crippen molar-refractivity contribution in [3.63, 3.8) is 0 Å². The average Bonchev–Trinajstić information content (AvgIpc) is 1.56. The third kappa shape index (κ3) is 15.7. The first-order valence-electron chi connectivity index (χ1n) is 28.9. The van der Waals surface area contributed by atoms with E-state index in [0.29, 0.717) is 28.3 Å². The number of carbonyl (C=O) groups is 8. The minimum Gasteiger partial charge on any atom is -0.447 e. The van der Waals surface area contributed by atoms with Crippen LogP contribution in [-0.2, 0) is 96.0 Å². The number of alkyl halides is 1. The van der Waals surface area contributed by atoms with Crippen LogP contribution in [0.25, 0.3) is 22.9 Å². The van der Waals surface area contributed by atoms with Gasteiger partial charge in [-0.1, -0.05) is 32.6 Å². The molecule has 500 valence electrons. The molecule has 0 aliphatic carbocycles. The van der Waals surface area contributed by atoms with Gasteiger partial charge in [-0.15, -0.1) is 0 Å². The lowest BCUT2D eigenvalue weighted by molar-refractivity contribution is -0.183. The molecule has 1 aromatic carbocycles. The Hall–Kier alpha value is -7.77. The van der Waals surface area contributed by atoms with Crippen LogP contribution in [0, 0.1) is 11.8 Å². The molecular formula is C54H66FN15O19P2S2. The predicted molar refractivity (Wildman–Crippen MR) is 328 cm³/mol. The molecule has 12 atom stereocenters. The summed E-state index contributed by atoms with van der Waals surface area (Å²) in [7, 11) is 1.42. The first-order chi connectivity index (χ1) is 44.2. The molecule has 8 amide bonds. The van der Waals surface area contributed by atoms with Crippen molar-refractivity contribution in [1.82, 2.24) is 54.8 Å². The zero-order valence-electron chi connectivity index (χ0n) is 49.9. The molecule has 9 heterocycles. The molecule has 39 heteroatoms. The second kappa shape index (κ2) is 28.4. The topological polar surface area (TPSA) is 440 Å². The molecule has 4 saturated heterocycles. The van der Waals surface area contributed by atoms with Crippen LogP contribution in [0.2, 0.25) is 0 Å². The van der Waals surface area contributed by atoms with E-state index in [2.05, 4.69) is 53.1 Å². The lowest BCUT2D eigenvalue weighted by atomic mass is 9.89. The molecular weight excluding hydrogens is 1310 g/mol. The van der Waals surface area contributed by atoms with Gasteiger partial charge in [-0.05, 0) is 60.1 Å². The maximum Gasteiger partial charge on any atom is 0.412 e. The minimum absolute atomic E-state index is 0.0627. The standard InChI is InChI=1S/C54H66FN15O19P2S2/c1-27(2)40(65-36(72)13-15-68-37(73)11-12-38(68)74)33(71)18-30(6-5-14-58-51(57)76)48(75)64-31-9-7-29(8-10-31)20-82-53(78)67(4)16-17-81-52(77)66-46-42-47(60-24-59-46)70(26-62-42)50-44-45-54(87-50,22-83-44)23-85-91(80,93)88-43-39(55)34(21-84-90(79,92)89-45)86-49(43)69-25-61-41-28(3)63-35(56)19-32(41)69/h7-12,19,24-27,30,34,39-40,43-45,49-50,63H,3,5-6,13-18,20-23,56H2,1-2,4H3,(H,64,75)(H,65,72)(H,79,92)(H,80,93)(H3,57,58,76)(H,59,60,66,77)/t30-,34-,39-,40+,43-,44-,45+,49-,50-,54-,90?,91?/m1/s1. The van der Waals surface area contributed by atoms with Gasteiger partial charge in [0.2, 0.25) is 11.8 Å². The fourth-order valence-corrected chi connectivity index (χ4v) is 13.8. The number of nitrogens with two attached hydrogens (primary N) is 2. The monoisotopic (exact) mass is 1370 g/mol. The molecule has 0 saturated carbocycles. The second-order valence-corrected chi connectivity index (χ2v) is 28.1. The summed E-state index contributed by atoms with van der Waals surface area (Å²) >= 11 is 10.9. The van der Waals surface area contributed by atoms with E-state index in [4.69, 9.17) is 76.9 Å². The number of imide groups is 1. The van der Waals surface area contributed by atoms with Gasteiger partial charge in [-0.2, -0.15) is 0 Å². The summed E-state index contributed by atoms with van der Waals surface area (Å²) in [5.41, 5.74) is 11.8. The number of anilines is 2. The number of halogens is 1. The van der Waals surface area contributed by atoms with E-state index < -0.39 is 135 Å². The summed E-state index contributed by atoms with van der Waals surface area (Å²) in [6, 6.07) is 4.57. The van der Waals surface area contributed by atoms with Crippen LogP contribution in [-0.4, -0.2) is 192 Å². The summed E-state index contributed by atoms with van der Waals surface area (Å²) in [6.45, 7) is -3.48. The zero-order chi connectivity index (χ0) is 66.7. The number of nitrogens with one attached hydrogen (secondary N) is 5. The summed E-state index contributed by atoms with van der Waals surface area (Å²) in [5, 5.41) is 13.3. The first-order valence-corrected chi connectivity index (χ1v) is 34.1. The molecule has 0 spiro atoms. The van der Waals surface area contributed by atoms with E-state index >= 15 is 4.39 Å². The van der Waals surface area contributed by atoms with Gasteiger partial charge in [0.15, 0.2) is 41.4 Å². The van der Waals surface area contributed by atoms with Crippen molar-refractivity contribution in [2.24, 2.45) is 23.3 Å². The highest BCUT2D eigenvalue weighted by Crippen LogP contribution is 2.59. The number of carbonyl (C=O) groups excluding carboxylic acids is 8. The van der Waals surface area contributed by atoms with Gasteiger partial charge in [0.1, 0.15) is 61.1 Å². The number of nitrogens with zero attached hydrogens (tertiary/aromatic N) is 8. The molecule has 34 nitrogen and oxygen atoms in total. The van der Waals surface area contributed by atoms with Gasteiger partial charge in [0, 0.05) is 62.8 Å². The van der Waals surface area contributed by atoms with E-state index in [9.17, 15) is 48.1 Å². The quantitative estimate of drug-likeness (QED) is 0.0308. The zero-order valence-corrected chi connectivity index (χ0v) is 53.3. The normalized spacial score (nSPS) is 27.2. The van der Waals surface area contributed by atoms with E-state index in [1.54, 1.807) is 38.1 Å². The number of ether oxygens (including phenoxy) is 5. The van der Waals surface area contributed by atoms with Gasteiger partial charge < -0.3 is 84.7 Å². The number of ketones is 1. The highest BCUT2D eigenvalue weighted by molar-refractivity contribution is 8.07. The van der Waals surface area contributed by atoms with E-state index in [-0.39, 0.29) is 93.9 Å². The Labute approximate surface area is 538 Å². The number of aromatic nitrogens is 6. The summed E-state index contributed by atoms with van der Waals surface area (Å²) in [4.78, 5) is 144. The molecule has 93 heavy (non-hydrogen) atoms. The third-order valence-corrected chi connectivity index (χ3v) is 18.7. The number of rotatable bonds is 22. The summed E-state index contributed by atoms with van der Waals surface area (Å²) in [5.74, 6) is -3.78. The van der Waals surface area contributed by atoms with Crippen molar-refractivity contribution >= 4 is 119 Å². The van der Waals surface area contributed by atoms with Crippen molar-refractivity contribution in [1.29, 1.82) is 0 Å². The molecule has 6 aliphatic rings. The van der Waals surface area contributed by atoms with Crippen LogP contribution in [0.15, 0.2) is 67.8 Å². The fraction of sp³-hybridized carbons (Fsp3) is 0.481. The summed E-state index contributed by atoms with van der Waals surface area (Å²) < 4.78 is 72.4. The summed E-state index contributed by atoms with van der Waals surface area (Å²) in [6.07, 6.45) is -4.21. The van der Waals surface area contributed by atoms with Gasteiger partial charge >= 0.3 is 31.7 Å². The highest BCUT2D eigenvalue weighted by atomic mass is 32.5. The lowest BCUT2D eigenvalue weighted by Gasteiger charge is -2.33. The lowest BCUT2D eigenvalue weighted by Crippen LogP contribution is -2.46. The largest absolute Gasteiger partial charge is 0.447 e. The number of hydrogen-bond donors (Lipinski definition) is 9. The number of hydrogen-bond acceptors (Lipinski definition) is 25. The smallest absolute Gasteiger partial charge is 0.412 e. The first kappa shape index (κ1) is 68.1. The van der Waals surface area contributed by atoms with Gasteiger partial charge in [-0.3, -0.25) is 47.8 Å². The van der Waals surface area contributed by atoms with Crippen LogP contribution in [0.4, 0.5) is 30.3 Å². The Kier molecular flexibility index (Phi) is 20.8. The number of likely N-dealkylation sites (N-methyl/N-ethyl adjacent to an activating group) is 1. The number of amides is 8. The number of primary amides is 1. The predicted octanol–water partition coefficient (Wildman–Crippen LogP) is 1.94. The number of Topliss-reactive ketones (excluding diaryl/α,β-unsaturated/α-hetero) is 1. The van der Waals surface area contributed by atoms with Crippen LogP contribution < -0.4 is 38.1 Å². The third-order valence-electron chi connectivity index (χ3n) is 15.6. The molecule has 3 aromatic heterocycles. The average molecular weight is 1370 g/mol. The van der Waals surface area contributed by atoms with E-state index in [1.807, 2.05) is 0 Å². The van der Waals surface area contributed by atoms with E-state index in [0.717, 1.165) is 28.3 Å². The molecule has 0 radical (unpaired) electrons. The maximum atomic E-state index is 16.4. The van der Waals surface area contributed by atoms with Crippen LogP contribution in [0.5, 0.6) is 0 Å². The number of imidazole rings is 2. The van der Waals surface area contributed by atoms with Crippen molar-refractivity contribution in [2.45, 2.75) is 101 Å². The molecule has 4 aromatic rings. The molecule has 4 bridgehead atoms. The minimum atomic E-state index is -4.40. The molecule has 2 unspecified atom stereocenters. The maximum absolute atomic E-state index is 16.4. The Morgan fingerprint density at radius 3 is 2.42 bits per heavy atom. The van der Waals surface area contributed by atoms with Crippen molar-refractivity contribution in [3.8, 4) is 0 Å². The van der Waals surface area contributed by atoms with Crippen molar-refractivity contribution < 1.29 is 94.3 Å². The van der Waals surface area contributed by atoms with Crippen LogP contribution in [0.3, 0.4) is 0 Å². The molecule has 11 N–H and O–H groups in total. The van der Waals surface area contributed by atoms with Gasteiger partial charge in [0.25, 0.3) is 11.8 Å². The molecule has 6 aliphatic heterocycles. The number of fused-ring (bicyclic) bond motifs is 4. The Morgan fingerprint density at radius 2 is 1.69 bits per heavy atom. The van der Waals surface area contributed by atoms with E-state index in [1.165, 1.54) is 34.9 Å². The fourth-order valence-electron chi connectivity index (χ4n) is 10.9. The second-order valence-electron chi connectivity index (χ2n) is 22.5. The van der Waals surface area contributed by atoms with Crippen molar-refractivity contribution in [3.05, 3.63) is 84.8 Å². The highest BCUT2D eigenvalue weighted by Gasteiger charge is 2.65. The van der Waals surface area contributed by atoms with Gasteiger partial charge in [0.05, 0.1) is 56.5 Å². The Morgan fingerprint density at radius 1 is 0.957 bits per heavy atom. The van der Waals surface area contributed by atoms with Crippen LogP contribution in [0.1, 0.15) is 68.9 Å². The van der Waals surface area contributed by atoms with Crippen LogP contribution >= 0.6 is 13.4 Å². The SMILES string of the molecule is C=C1NC(N)=Cc2c1ncn2[C@@H]1O[C@@H]2COP(O)(=S)O[C@H]3[C@H]4OC[C@]3(COP(O)(=S)O[C@@H]1[C@@H]2F)O[C@H]4n1cnc2c(NC(=O)OCCN(C)C(=O)OCc3ccc(NC(=O)[C@H](CCCNC(N)=O)CC(=O)[C@@H](NC(=O)CCN4C(=O)C=CC4=O)C(C)C)cc3)ncnc21. The van der Waals surface area contributed by atoms with Gasteiger partial charge in [-0.25, -0.2) is 38.7 Å². The Bertz CT molecular complexity index is 3750. The Balaban J connectivity index is 0.702. The molecule has 4 fully saturated rings. The number of urea groups is 1. The molecule has 10 rings (SSSR count). The van der Waals surface area contributed by atoms with Crippen molar-refractivity contribution in [2.75, 3.05) is 63.7 Å².